The molecule has 0 saturated carbocycles. The molecule has 35 heavy (non-hydrogen) atoms. The summed E-state index contributed by atoms with van der Waals surface area (Å²) in [4.78, 5) is 27.5. The van der Waals surface area contributed by atoms with Gasteiger partial charge in [-0.2, -0.15) is 0 Å². The average molecular weight is 543 g/mol. The first-order valence-corrected chi connectivity index (χ1v) is 14.0. The van der Waals surface area contributed by atoms with E-state index in [9.17, 15) is 18.0 Å². The van der Waals surface area contributed by atoms with Gasteiger partial charge in [-0.3, -0.25) is 13.9 Å². The Morgan fingerprint density at radius 2 is 1.69 bits per heavy atom. The molecule has 0 radical (unpaired) electrons. The van der Waals surface area contributed by atoms with Crippen molar-refractivity contribution in [3.8, 4) is 0 Å². The number of halogens is 2. The molecule has 2 aromatic carbocycles. The number of carbonyl (C=O) groups is 2. The first-order chi connectivity index (χ1) is 16.3. The SMILES string of the molecule is Cc1ccccc1N(CCCC(=O)N(Cc1ccc(Cl)c(Cl)c1)C(C)C(=O)NC(C)C)S(C)(=O)=O. The van der Waals surface area contributed by atoms with Crippen LogP contribution in [0.5, 0.6) is 0 Å². The molecule has 0 aliphatic carbocycles. The maximum atomic E-state index is 13.3. The number of hydrogen-bond donors (Lipinski definition) is 1. The van der Waals surface area contributed by atoms with Crippen molar-refractivity contribution in [2.45, 2.75) is 59.2 Å². The fourth-order valence-corrected chi connectivity index (χ4v) is 4.99. The molecule has 2 aromatic rings. The molecule has 1 N–H and O–H groups in total. The van der Waals surface area contributed by atoms with E-state index in [4.69, 9.17) is 23.2 Å². The van der Waals surface area contributed by atoms with E-state index >= 15 is 0 Å². The molecule has 0 aromatic heterocycles. The predicted molar refractivity (Wildman–Crippen MR) is 142 cm³/mol. The summed E-state index contributed by atoms with van der Waals surface area (Å²) in [5.41, 5.74) is 2.14. The molecule has 10 heteroatoms. The predicted octanol–water partition coefficient (Wildman–Crippen LogP) is 4.79. The highest BCUT2D eigenvalue weighted by Gasteiger charge is 2.27. The minimum absolute atomic E-state index is 0.0680. The Hall–Kier alpha value is -2.29. The molecule has 192 valence electrons. The Labute approximate surface area is 218 Å². The van der Waals surface area contributed by atoms with Gasteiger partial charge in [0.2, 0.25) is 21.8 Å². The summed E-state index contributed by atoms with van der Waals surface area (Å²) in [6.45, 7) is 7.51. The highest BCUT2D eigenvalue weighted by atomic mass is 35.5. The second kappa shape index (κ2) is 12.6. The summed E-state index contributed by atoms with van der Waals surface area (Å²) in [7, 11) is -3.54. The van der Waals surface area contributed by atoms with Gasteiger partial charge in [-0.05, 0) is 63.4 Å². The fourth-order valence-electron chi connectivity index (χ4n) is 3.65. The molecule has 0 fully saturated rings. The van der Waals surface area contributed by atoms with Crippen molar-refractivity contribution in [1.82, 2.24) is 10.2 Å². The molecule has 0 saturated heterocycles. The molecule has 1 unspecified atom stereocenters. The van der Waals surface area contributed by atoms with Crippen molar-refractivity contribution in [2.24, 2.45) is 0 Å². The molecule has 0 heterocycles. The van der Waals surface area contributed by atoms with Gasteiger partial charge in [0.05, 0.1) is 22.0 Å². The van der Waals surface area contributed by atoms with Crippen LogP contribution < -0.4 is 9.62 Å². The number of amides is 2. The molecule has 7 nitrogen and oxygen atoms in total. The molecule has 1 atom stereocenters. The molecule has 2 amide bonds. The van der Waals surface area contributed by atoms with Crippen LogP contribution in [0.25, 0.3) is 0 Å². The number of aryl methyl sites for hydroxylation is 1. The maximum Gasteiger partial charge on any atom is 0.242 e. The van der Waals surface area contributed by atoms with Crippen LogP contribution in [0.3, 0.4) is 0 Å². The van der Waals surface area contributed by atoms with E-state index in [2.05, 4.69) is 5.32 Å². The van der Waals surface area contributed by atoms with Crippen LogP contribution >= 0.6 is 23.2 Å². The number of para-hydroxylation sites is 1. The van der Waals surface area contributed by atoms with Gasteiger partial charge in [-0.15, -0.1) is 0 Å². The lowest BCUT2D eigenvalue weighted by atomic mass is 10.1. The van der Waals surface area contributed by atoms with Crippen LogP contribution in [-0.2, 0) is 26.2 Å². The highest BCUT2D eigenvalue weighted by Crippen LogP contribution is 2.25. The van der Waals surface area contributed by atoms with Crippen molar-refractivity contribution >= 4 is 50.7 Å². The third-order valence-corrected chi connectivity index (χ3v) is 7.39. The van der Waals surface area contributed by atoms with E-state index < -0.39 is 16.1 Å². The number of rotatable bonds is 11. The van der Waals surface area contributed by atoms with E-state index in [1.54, 1.807) is 37.3 Å². The van der Waals surface area contributed by atoms with E-state index in [1.165, 1.54) is 9.21 Å². The maximum absolute atomic E-state index is 13.3. The quantitative estimate of drug-likeness (QED) is 0.443. The minimum atomic E-state index is -3.54. The van der Waals surface area contributed by atoms with Gasteiger partial charge in [-0.25, -0.2) is 8.42 Å². The monoisotopic (exact) mass is 541 g/mol. The van der Waals surface area contributed by atoms with Crippen LogP contribution in [0.4, 0.5) is 5.69 Å². The summed E-state index contributed by atoms with van der Waals surface area (Å²) in [5.74, 6) is -0.535. The third-order valence-electron chi connectivity index (χ3n) is 5.47. The van der Waals surface area contributed by atoms with E-state index in [0.717, 1.165) is 17.4 Å². The van der Waals surface area contributed by atoms with Crippen molar-refractivity contribution in [2.75, 3.05) is 17.1 Å². The summed E-state index contributed by atoms with van der Waals surface area (Å²) < 4.78 is 26.2. The van der Waals surface area contributed by atoms with E-state index in [0.29, 0.717) is 15.7 Å². The van der Waals surface area contributed by atoms with Gasteiger partial charge in [0, 0.05) is 25.6 Å². The first kappa shape index (κ1) is 28.9. The molecule has 2 rings (SSSR count). The van der Waals surface area contributed by atoms with E-state index in [1.807, 2.05) is 32.9 Å². The van der Waals surface area contributed by atoms with Gasteiger partial charge in [0.25, 0.3) is 0 Å². The number of sulfonamides is 1. The summed E-state index contributed by atoms with van der Waals surface area (Å²) in [6.07, 6.45) is 1.51. The molecule has 0 bridgehead atoms. The average Bonchev–Trinajstić information content (AvgIpc) is 2.76. The fraction of sp³-hybridized carbons (Fsp3) is 0.440. The highest BCUT2D eigenvalue weighted by molar-refractivity contribution is 7.92. The number of hydrogen-bond acceptors (Lipinski definition) is 4. The topological polar surface area (TPSA) is 86.8 Å². The number of carbonyl (C=O) groups excluding carboxylic acids is 2. The number of benzene rings is 2. The second-order valence-corrected chi connectivity index (χ2v) is 11.6. The van der Waals surface area contributed by atoms with Crippen LogP contribution in [0.1, 0.15) is 44.7 Å². The smallest absolute Gasteiger partial charge is 0.242 e. The molecular weight excluding hydrogens is 509 g/mol. The molecule has 0 aliphatic heterocycles. The zero-order valence-electron chi connectivity index (χ0n) is 20.7. The molecular formula is C25H33Cl2N3O4S. The Balaban J connectivity index is 2.20. The summed E-state index contributed by atoms with van der Waals surface area (Å²) in [6, 6.07) is 11.5. The van der Waals surface area contributed by atoms with Crippen molar-refractivity contribution in [1.29, 1.82) is 0 Å². The zero-order valence-corrected chi connectivity index (χ0v) is 23.0. The van der Waals surface area contributed by atoms with Gasteiger partial charge in [-0.1, -0.05) is 47.5 Å². The Kier molecular flexibility index (Phi) is 10.4. The summed E-state index contributed by atoms with van der Waals surface area (Å²) in [5, 5.41) is 3.60. The van der Waals surface area contributed by atoms with Gasteiger partial charge in [0.1, 0.15) is 6.04 Å². The van der Waals surface area contributed by atoms with E-state index in [-0.39, 0.29) is 43.8 Å². The first-order valence-electron chi connectivity index (χ1n) is 11.4. The lowest BCUT2D eigenvalue weighted by Crippen LogP contribution is -2.49. The Bertz CT molecular complexity index is 1160. The van der Waals surface area contributed by atoms with Crippen molar-refractivity contribution in [3.05, 3.63) is 63.6 Å². The Morgan fingerprint density at radius 3 is 2.26 bits per heavy atom. The molecule has 0 aliphatic rings. The van der Waals surface area contributed by atoms with Crippen LogP contribution in [-0.4, -0.2) is 50.0 Å². The number of nitrogens with zero attached hydrogens (tertiary/aromatic N) is 2. The van der Waals surface area contributed by atoms with Crippen LogP contribution in [0, 0.1) is 6.92 Å². The number of nitrogens with one attached hydrogen (secondary N) is 1. The standard InChI is InChI=1S/C25H33Cl2N3O4S/c1-17(2)28-25(32)19(4)29(16-20-12-13-21(26)22(27)15-20)24(31)11-8-14-30(35(5,33)34)23-10-7-6-9-18(23)3/h6-7,9-10,12-13,15,17,19H,8,11,14,16H2,1-5H3,(H,28,32). The van der Waals surface area contributed by atoms with Gasteiger partial charge >= 0.3 is 0 Å². The lowest BCUT2D eigenvalue weighted by molar-refractivity contribution is -0.140. The van der Waals surface area contributed by atoms with Crippen LogP contribution in [0.15, 0.2) is 42.5 Å². The lowest BCUT2D eigenvalue weighted by Gasteiger charge is -2.30. The zero-order chi connectivity index (χ0) is 26.3. The second-order valence-electron chi connectivity index (χ2n) is 8.83. The van der Waals surface area contributed by atoms with Crippen molar-refractivity contribution < 1.29 is 18.0 Å². The van der Waals surface area contributed by atoms with Crippen LogP contribution in [0.2, 0.25) is 10.0 Å². The minimum Gasteiger partial charge on any atom is -0.352 e. The largest absolute Gasteiger partial charge is 0.352 e. The molecule has 0 spiro atoms. The van der Waals surface area contributed by atoms with Crippen molar-refractivity contribution in [3.63, 3.8) is 0 Å². The van der Waals surface area contributed by atoms with Gasteiger partial charge in [0.15, 0.2) is 0 Å². The third kappa shape index (κ3) is 8.40. The number of anilines is 1. The normalized spacial score (nSPS) is 12.3. The Morgan fingerprint density at radius 1 is 1.03 bits per heavy atom. The summed E-state index contributed by atoms with van der Waals surface area (Å²) >= 11 is 12.2. The van der Waals surface area contributed by atoms with Gasteiger partial charge < -0.3 is 10.2 Å².